The van der Waals surface area contributed by atoms with Crippen molar-refractivity contribution in [3.05, 3.63) is 42.2 Å². The number of rotatable bonds is 8. The molecule has 0 fully saturated rings. The number of aromatic nitrogens is 2. The fourth-order valence-corrected chi connectivity index (χ4v) is 3.05. The van der Waals surface area contributed by atoms with Crippen molar-refractivity contribution in [3.8, 4) is 0 Å². The molecule has 1 heterocycles. The maximum absolute atomic E-state index is 12.3. The Morgan fingerprint density at radius 3 is 2.79 bits per heavy atom. The summed E-state index contributed by atoms with van der Waals surface area (Å²) in [7, 11) is 0. The predicted octanol–water partition coefficient (Wildman–Crippen LogP) is 3.06. The van der Waals surface area contributed by atoms with Crippen LogP contribution in [0, 0.1) is 0 Å². The molecular weight excluding hydrogens is 324 g/mol. The molecule has 0 radical (unpaired) electrons. The van der Waals surface area contributed by atoms with E-state index in [1.54, 1.807) is 24.2 Å². The summed E-state index contributed by atoms with van der Waals surface area (Å²) in [6, 6.07) is 7.57. The van der Waals surface area contributed by atoms with E-state index in [2.05, 4.69) is 34.7 Å². The highest BCUT2D eigenvalue weighted by molar-refractivity contribution is 8.00. The minimum absolute atomic E-state index is 0.0959. The predicted molar refractivity (Wildman–Crippen MR) is 96.2 cm³/mol. The van der Waals surface area contributed by atoms with E-state index in [-0.39, 0.29) is 11.8 Å². The van der Waals surface area contributed by atoms with Gasteiger partial charge in [0, 0.05) is 29.3 Å². The van der Waals surface area contributed by atoms with Crippen LogP contribution in [0.3, 0.4) is 0 Å². The molecule has 1 aromatic heterocycles. The number of carbonyl (C=O) groups excluding carboxylic acids is 2. The molecule has 0 aliphatic heterocycles. The Bertz CT molecular complexity index is 671. The van der Waals surface area contributed by atoms with E-state index in [0.29, 0.717) is 35.9 Å². The third-order valence-electron chi connectivity index (χ3n) is 3.14. The normalized spacial score (nSPS) is 10.6. The van der Waals surface area contributed by atoms with Gasteiger partial charge in [0.2, 0.25) is 5.91 Å². The van der Waals surface area contributed by atoms with Gasteiger partial charge in [0.1, 0.15) is 0 Å². The van der Waals surface area contributed by atoms with Gasteiger partial charge in [0.05, 0.1) is 17.4 Å². The van der Waals surface area contributed by atoms with Crippen LogP contribution in [0.25, 0.3) is 0 Å². The minimum Gasteiger partial charge on any atom is -0.352 e. The molecule has 1 aromatic carbocycles. The van der Waals surface area contributed by atoms with Gasteiger partial charge in [0.25, 0.3) is 5.91 Å². The van der Waals surface area contributed by atoms with Gasteiger partial charge in [-0.15, -0.1) is 11.8 Å². The second-order valence-corrected chi connectivity index (χ2v) is 7.18. The van der Waals surface area contributed by atoms with Crippen LogP contribution in [0.5, 0.6) is 0 Å². The van der Waals surface area contributed by atoms with Gasteiger partial charge in [-0.25, -0.2) is 0 Å². The quantitative estimate of drug-likeness (QED) is 0.506. The monoisotopic (exact) mass is 346 g/mol. The van der Waals surface area contributed by atoms with Gasteiger partial charge in [-0.1, -0.05) is 26.0 Å². The average Bonchev–Trinajstić information content (AvgIpc) is 3.04. The molecule has 7 heteroatoms. The van der Waals surface area contributed by atoms with Gasteiger partial charge < -0.3 is 10.6 Å². The highest BCUT2D eigenvalue weighted by atomic mass is 32.2. The molecular formula is C17H22N4O2S. The smallest absolute Gasteiger partial charge is 0.252 e. The molecule has 6 nitrogen and oxygen atoms in total. The number of aromatic amines is 1. The third kappa shape index (κ3) is 5.73. The van der Waals surface area contributed by atoms with Crippen LogP contribution in [0.2, 0.25) is 0 Å². The Morgan fingerprint density at radius 2 is 2.08 bits per heavy atom. The zero-order valence-electron chi connectivity index (χ0n) is 13.8. The highest BCUT2D eigenvalue weighted by Crippen LogP contribution is 2.26. The number of H-pyrrole nitrogens is 1. The zero-order chi connectivity index (χ0) is 17.4. The van der Waals surface area contributed by atoms with E-state index in [0.717, 1.165) is 4.90 Å². The van der Waals surface area contributed by atoms with Crippen molar-refractivity contribution >= 4 is 29.3 Å². The lowest BCUT2D eigenvalue weighted by Crippen LogP contribution is -2.26. The largest absolute Gasteiger partial charge is 0.352 e. The number of benzene rings is 1. The summed E-state index contributed by atoms with van der Waals surface area (Å²) in [6.07, 6.45) is 4.08. The van der Waals surface area contributed by atoms with Gasteiger partial charge >= 0.3 is 0 Å². The van der Waals surface area contributed by atoms with E-state index in [1.165, 1.54) is 0 Å². The molecule has 24 heavy (non-hydrogen) atoms. The first-order valence-electron chi connectivity index (χ1n) is 7.89. The molecule has 0 unspecified atom stereocenters. The molecule has 128 valence electrons. The van der Waals surface area contributed by atoms with Crippen LogP contribution in [0.15, 0.2) is 41.6 Å². The van der Waals surface area contributed by atoms with Crippen molar-refractivity contribution in [1.29, 1.82) is 0 Å². The lowest BCUT2D eigenvalue weighted by molar-refractivity contribution is -0.116. The highest BCUT2D eigenvalue weighted by Gasteiger charge is 2.12. The van der Waals surface area contributed by atoms with Gasteiger partial charge in [-0.2, -0.15) is 5.10 Å². The maximum atomic E-state index is 12.3. The number of amides is 2. The van der Waals surface area contributed by atoms with Crippen LogP contribution in [-0.2, 0) is 4.79 Å². The maximum Gasteiger partial charge on any atom is 0.252 e. The topological polar surface area (TPSA) is 86.9 Å². The summed E-state index contributed by atoms with van der Waals surface area (Å²) in [5, 5.41) is 12.4. The molecule has 0 spiro atoms. The second kappa shape index (κ2) is 9.12. The minimum atomic E-state index is -0.103. The molecule has 0 aliphatic rings. The molecule has 0 saturated heterocycles. The lowest BCUT2D eigenvalue weighted by atomic mass is 10.2. The first-order valence-corrected chi connectivity index (χ1v) is 8.76. The average molecular weight is 346 g/mol. The van der Waals surface area contributed by atoms with Gasteiger partial charge in [-0.05, 0) is 18.6 Å². The Labute approximate surface area is 145 Å². The molecule has 2 rings (SSSR count). The number of hydrogen-bond acceptors (Lipinski definition) is 4. The summed E-state index contributed by atoms with van der Waals surface area (Å²) >= 11 is 1.67. The van der Waals surface area contributed by atoms with Gasteiger partial charge in [0.15, 0.2) is 0 Å². The number of nitrogens with zero attached hydrogens (tertiary/aromatic N) is 1. The Morgan fingerprint density at radius 1 is 1.29 bits per heavy atom. The van der Waals surface area contributed by atoms with E-state index in [9.17, 15) is 9.59 Å². The standard InChI is InChI=1S/C17H22N4O2S/c1-12(2)24-15-7-4-3-6-14(15)17(23)18-9-5-8-16(22)21-13-10-19-20-11-13/h3-4,6-7,10-12H,5,8-9H2,1-2H3,(H,18,23)(H,19,20)(H,21,22). The number of anilines is 1. The van der Waals surface area contributed by atoms with Crippen LogP contribution < -0.4 is 10.6 Å². The zero-order valence-corrected chi connectivity index (χ0v) is 14.7. The van der Waals surface area contributed by atoms with Crippen LogP contribution in [0.4, 0.5) is 5.69 Å². The fraction of sp³-hybridized carbons (Fsp3) is 0.353. The van der Waals surface area contributed by atoms with Crippen LogP contribution >= 0.6 is 11.8 Å². The van der Waals surface area contributed by atoms with E-state index < -0.39 is 0 Å². The van der Waals surface area contributed by atoms with Crippen molar-refractivity contribution in [2.24, 2.45) is 0 Å². The SMILES string of the molecule is CC(C)Sc1ccccc1C(=O)NCCCC(=O)Nc1cn[nH]c1. The first kappa shape index (κ1) is 18.1. The van der Waals surface area contributed by atoms with Crippen LogP contribution in [0.1, 0.15) is 37.0 Å². The van der Waals surface area contributed by atoms with E-state index in [4.69, 9.17) is 0 Å². The van der Waals surface area contributed by atoms with E-state index in [1.807, 2.05) is 24.3 Å². The molecule has 0 bridgehead atoms. The summed E-state index contributed by atoms with van der Waals surface area (Å²) in [6.45, 7) is 4.65. The summed E-state index contributed by atoms with van der Waals surface area (Å²) in [5.74, 6) is -0.199. The molecule has 0 atom stereocenters. The van der Waals surface area contributed by atoms with Crippen molar-refractivity contribution in [2.75, 3.05) is 11.9 Å². The number of nitrogens with one attached hydrogen (secondary N) is 3. The van der Waals surface area contributed by atoms with E-state index >= 15 is 0 Å². The Balaban J connectivity index is 1.76. The van der Waals surface area contributed by atoms with Crippen molar-refractivity contribution in [3.63, 3.8) is 0 Å². The van der Waals surface area contributed by atoms with Crippen LogP contribution in [-0.4, -0.2) is 33.8 Å². The summed E-state index contributed by atoms with van der Waals surface area (Å²) in [5.41, 5.74) is 1.32. The third-order valence-corrected chi connectivity index (χ3v) is 4.22. The molecule has 2 aromatic rings. The number of carbonyl (C=O) groups is 2. The Hall–Kier alpha value is -2.28. The second-order valence-electron chi connectivity index (χ2n) is 5.56. The summed E-state index contributed by atoms with van der Waals surface area (Å²) in [4.78, 5) is 25.0. The molecule has 0 saturated carbocycles. The lowest BCUT2D eigenvalue weighted by Gasteiger charge is -2.11. The van der Waals surface area contributed by atoms with Crippen molar-refractivity contribution in [1.82, 2.24) is 15.5 Å². The van der Waals surface area contributed by atoms with Crippen molar-refractivity contribution in [2.45, 2.75) is 36.8 Å². The fourth-order valence-electron chi connectivity index (χ4n) is 2.10. The van der Waals surface area contributed by atoms with Crippen molar-refractivity contribution < 1.29 is 9.59 Å². The number of thioether (sulfide) groups is 1. The first-order chi connectivity index (χ1) is 11.6. The van der Waals surface area contributed by atoms with Gasteiger partial charge in [-0.3, -0.25) is 14.7 Å². The molecule has 0 aliphatic carbocycles. The Kier molecular flexibility index (Phi) is 6.87. The number of hydrogen-bond donors (Lipinski definition) is 3. The molecule has 3 N–H and O–H groups in total. The molecule has 2 amide bonds. The summed E-state index contributed by atoms with van der Waals surface area (Å²) < 4.78 is 0.